The fourth-order valence-corrected chi connectivity index (χ4v) is 4.20. The summed E-state index contributed by atoms with van der Waals surface area (Å²) in [5, 5.41) is 2.70. The highest BCUT2D eigenvalue weighted by Crippen LogP contribution is 2.27. The van der Waals surface area contributed by atoms with Crippen LogP contribution < -0.4 is 15.1 Å². The summed E-state index contributed by atoms with van der Waals surface area (Å²) in [7, 11) is 0. The first kappa shape index (κ1) is 21.3. The van der Waals surface area contributed by atoms with Crippen LogP contribution in [-0.4, -0.2) is 30.0 Å². The van der Waals surface area contributed by atoms with E-state index in [4.69, 9.17) is 16.6 Å². The Balaban J connectivity index is 1.59. The maximum absolute atomic E-state index is 13.2. The lowest BCUT2D eigenvalue weighted by Gasteiger charge is -2.29. The van der Waals surface area contributed by atoms with Gasteiger partial charge in [0.05, 0.1) is 5.69 Å². The maximum atomic E-state index is 13.2. The molecule has 2 amide bonds. The van der Waals surface area contributed by atoms with Crippen molar-refractivity contribution in [1.29, 1.82) is 0 Å². The molecule has 1 aromatic carbocycles. The monoisotopic (exact) mass is 437 g/mol. The fraction of sp³-hybridized carbons (Fsp3) is 0.375. The Hall–Kier alpha value is -2.93. The second kappa shape index (κ2) is 9.06. The van der Waals surface area contributed by atoms with Gasteiger partial charge < -0.3 is 9.32 Å². The largest absolute Gasteiger partial charge is 0.441 e. The number of nitrogens with one attached hydrogen (secondary N) is 1. The van der Waals surface area contributed by atoms with Gasteiger partial charge in [0, 0.05) is 19.2 Å². The van der Waals surface area contributed by atoms with E-state index in [-0.39, 0.29) is 10.7 Å². The average Bonchev–Trinajstić information content (AvgIpc) is 3.04. The van der Waals surface area contributed by atoms with E-state index < -0.39 is 11.8 Å². The Bertz CT molecular complexity index is 1010. The summed E-state index contributed by atoms with van der Waals surface area (Å²) < 4.78 is 5.95. The van der Waals surface area contributed by atoms with Crippen LogP contribution in [0.25, 0.3) is 6.08 Å². The number of furan rings is 1. The second-order valence-corrected chi connectivity index (χ2v) is 8.67. The molecule has 7 heteroatoms. The van der Waals surface area contributed by atoms with Crippen molar-refractivity contribution >= 4 is 46.8 Å². The summed E-state index contributed by atoms with van der Waals surface area (Å²) in [6.45, 7) is 6.13. The highest BCUT2D eigenvalue weighted by Gasteiger charge is 2.34. The number of carbonyl (C=O) groups is 2. The van der Waals surface area contributed by atoms with Gasteiger partial charge in [-0.1, -0.05) is 38.8 Å². The number of hydrogen-bond donors (Lipinski definition) is 1. The molecule has 3 heterocycles. The fourth-order valence-electron chi connectivity index (χ4n) is 3.92. The van der Waals surface area contributed by atoms with Crippen LogP contribution in [0.3, 0.4) is 0 Å². The minimum absolute atomic E-state index is 0.00157. The van der Waals surface area contributed by atoms with Gasteiger partial charge in [0.2, 0.25) is 0 Å². The molecule has 0 bridgehead atoms. The van der Waals surface area contributed by atoms with Crippen LogP contribution in [0.4, 0.5) is 11.6 Å². The molecule has 0 spiro atoms. The molecule has 6 nitrogen and oxygen atoms in total. The Morgan fingerprint density at radius 3 is 2.32 bits per heavy atom. The molecule has 0 atom stereocenters. The molecule has 31 heavy (non-hydrogen) atoms. The zero-order valence-electron chi connectivity index (χ0n) is 17.9. The van der Waals surface area contributed by atoms with Crippen LogP contribution in [-0.2, 0) is 9.59 Å². The van der Waals surface area contributed by atoms with E-state index in [9.17, 15) is 9.59 Å². The summed E-state index contributed by atoms with van der Waals surface area (Å²) >= 11 is 5.28. The molecule has 0 aliphatic carbocycles. The van der Waals surface area contributed by atoms with Crippen LogP contribution in [0.2, 0.25) is 0 Å². The number of thiocarbonyl (C=S) groups is 1. The smallest absolute Gasteiger partial charge is 0.270 e. The topological polar surface area (TPSA) is 65.8 Å². The molecule has 0 saturated carbocycles. The molecular formula is C24H27N3O3S. The van der Waals surface area contributed by atoms with Gasteiger partial charge in [-0.15, -0.1) is 0 Å². The second-order valence-electron chi connectivity index (χ2n) is 8.28. The molecule has 2 saturated heterocycles. The van der Waals surface area contributed by atoms with E-state index in [0.717, 1.165) is 37.4 Å². The average molecular weight is 438 g/mol. The van der Waals surface area contributed by atoms with Crippen molar-refractivity contribution in [2.75, 3.05) is 22.9 Å². The Labute approximate surface area is 187 Å². The molecule has 1 aromatic heterocycles. The number of hydrogen-bond acceptors (Lipinski definition) is 5. The summed E-state index contributed by atoms with van der Waals surface area (Å²) in [6, 6.07) is 11.3. The predicted molar refractivity (Wildman–Crippen MR) is 126 cm³/mol. The Morgan fingerprint density at radius 1 is 1.00 bits per heavy atom. The molecule has 4 rings (SSSR count). The van der Waals surface area contributed by atoms with E-state index >= 15 is 0 Å². The molecule has 2 aliphatic heterocycles. The van der Waals surface area contributed by atoms with Gasteiger partial charge in [-0.05, 0) is 60.8 Å². The maximum Gasteiger partial charge on any atom is 0.270 e. The van der Waals surface area contributed by atoms with Crippen molar-refractivity contribution in [3.05, 3.63) is 53.3 Å². The molecule has 1 N–H and O–H groups in total. The summed E-state index contributed by atoms with van der Waals surface area (Å²) in [5.74, 6) is 0.650. The lowest BCUT2D eigenvalue weighted by Crippen LogP contribution is -2.54. The van der Waals surface area contributed by atoms with E-state index in [2.05, 4.69) is 24.1 Å². The normalized spacial score (nSPS) is 19.2. The molecule has 0 radical (unpaired) electrons. The van der Waals surface area contributed by atoms with E-state index in [1.165, 1.54) is 23.8 Å². The first-order valence-corrected chi connectivity index (χ1v) is 11.2. The number of rotatable bonds is 4. The van der Waals surface area contributed by atoms with Crippen molar-refractivity contribution < 1.29 is 14.0 Å². The van der Waals surface area contributed by atoms with Crippen molar-refractivity contribution in [3.8, 4) is 0 Å². The Morgan fingerprint density at radius 2 is 1.68 bits per heavy atom. The summed E-state index contributed by atoms with van der Waals surface area (Å²) in [6.07, 6.45) is 6.24. The molecule has 2 aromatic rings. The minimum Gasteiger partial charge on any atom is -0.441 e. The lowest BCUT2D eigenvalue weighted by atomic mass is 10.0. The van der Waals surface area contributed by atoms with Gasteiger partial charge in [0.15, 0.2) is 11.0 Å². The van der Waals surface area contributed by atoms with E-state index in [1.54, 1.807) is 6.07 Å². The van der Waals surface area contributed by atoms with Crippen LogP contribution in [0.15, 0.2) is 46.4 Å². The van der Waals surface area contributed by atoms with Gasteiger partial charge in [0.25, 0.3) is 11.8 Å². The summed E-state index contributed by atoms with van der Waals surface area (Å²) in [5.41, 5.74) is 1.78. The van der Waals surface area contributed by atoms with Crippen molar-refractivity contribution in [3.63, 3.8) is 0 Å². The quantitative estimate of drug-likeness (QED) is 0.430. The lowest BCUT2D eigenvalue weighted by molar-refractivity contribution is -0.122. The SMILES string of the molecule is CC(C)c1ccc(N2C(=O)/C(=C/c3ccc(N4CCCCCC4)o3)C(=O)NC2=S)cc1. The third kappa shape index (κ3) is 4.56. The minimum atomic E-state index is -0.516. The van der Waals surface area contributed by atoms with Gasteiger partial charge in [-0.3, -0.25) is 19.8 Å². The zero-order chi connectivity index (χ0) is 22.0. The van der Waals surface area contributed by atoms with Crippen LogP contribution in [0.5, 0.6) is 0 Å². The highest BCUT2D eigenvalue weighted by atomic mass is 32.1. The highest BCUT2D eigenvalue weighted by molar-refractivity contribution is 7.80. The number of anilines is 2. The standard InChI is InChI=1S/C24H27N3O3S/c1-16(2)17-7-9-18(10-8-17)27-23(29)20(22(28)25-24(27)31)15-19-11-12-21(30-19)26-13-5-3-4-6-14-26/h7-12,15-16H,3-6,13-14H2,1-2H3,(H,25,28,31)/b20-15+. The molecule has 2 aliphatic rings. The van der Waals surface area contributed by atoms with Gasteiger partial charge in [0.1, 0.15) is 11.3 Å². The van der Waals surface area contributed by atoms with Crippen molar-refractivity contribution in [2.45, 2.75) is 45.4 Å². The summed E-state index contributed by atoms with van der Waals surface area (Å²) in [4.78, 5) is 29.3. The van der Waals surface area contributed by atoms with E-state index in [1.807, 2.05) is 30.3 Å². The molecule has 162 valence electrons. The van der Waals surface area contributed by atoms with Crippen LogP contribution >= 0.6 is 12.2 Å². The zero-order valence-corrected chi connectivity index (χ0v) is 18.7. The molecule has 2 fully saturated rings. The number of carbonyl (C=O) groups excluding carboxylic acids is 2. The Kier molecular flexibility index (Phi) is 6.23. The first-order chi connectivity index (χ1) is 14.9. The van der Waals surface area contributed by atoms with Crippen LogP contribution in [0.1, 0.15) is 56.8 Å². The van der Waals surface area contributed by atoms with Crippen molar-refractivity contribution in [1.82, 2.24) is 5.32 Å². The third-order valence-electron chi connectivity index (χ3n) is 5.74. The van der Waals surface area contributed by atoms with Gasteiger partial charge in [-0.25, -0.2) is 0 Å². The third-order valence-corrected chi connectivity index (χ3v) is 6.02. The number of amides is 2. The van der Waals surface area contributed by atoms with Crippen molar-refractivity contribution in [2.24, 2.45) is 0 Å². The van der Waals surface area contributed by atoms with E-state index in [0.29, 0.717) is 17.4 Å². The van der Waals surface area contributed by atoms with Gasteiger partial charge in [-0.2, -0.15) is 0 Å². The molecular weight excluding hydrogens is 410 g/mol. The van der Waals surface area contributed by atoms with Gasteiger partial charge >= 0.3 is 0 Å². The first-order valence-electron chi connectivity index (χ1n) is 10.8. The number of nitrogens with zero attached hydrogens (tertiary/aromatic N) is 2. The predicted octanol–water partition coefficient (Wildman–Crippen LogP) is 4.61. The van der Waals surface area contributed by atoms with Crippen LogP contribution in [0, 0.1) is 0 Å². The number of benzene rings is 1. The molecule has 0 unspecified atom stereocenters.